The highest BCUT2D eigenvalue weighted by Gasteiger charge is 2.21. The van der Waals surface area contributed by atoms with Crippen molar-refractivity contribution in [2.24, 2.45) is 13.0 Å². The minimum Gasteiger partial charge on any atom is -0.310 e. The van der Waals surface area contributed by atoms with Crippen molar-refractivity contribution in [2.75, 3.05) is 5.32 Å². The van der Waals surface area contributed by atoms with Crippen LogP contribution in [0.1, 0.15) is 37.4 Å². The molecule has 1 amide bonds. The largest absolute Gasteiger partial charge is 0.310 e. The number of hydrogen-bond donors (Lipinski definition) is 1. The van der Waals surface area contributed by atoms with Gasteiger partial charge in [-0.3, -0.25) is 9.48 Å². The number of allylic oxidation sites excluding steroid dienone is 2. The van der Waals surface area contributed by atoms with Gasteiger partial charge in [0.2, 0.25) is 5.91 Å². The van der Waals surface area contributed by atoms with E-state index in [9.17, 15) is 4.79 Å². The van der Waals surface area contributed by atoms with Crippen LogP contribution in [-0.2, 0) is 18.3 Å². The van der Waals surface area contributed by atoms with Gasteiger partial charge in [0.05, 0.1) is 5.69 Å². The van der Waals surface area contributed by atoms with Crippen molar-refractivity contribution in [3.8, 4) is 0 Å². The van der Waals surface area contributed by atoms with Crippen LogP contribution in [0.25, 0.3) is 0 Å². The van der Waals surface area contributed by atoms with E-state index in [4.69, 9.17) is 0 Å². The molecule has 0 fully saturated rings. The van der Waals surface area contributed by atoms with Crippen molar-refractivity contribution in [1.29, 1.82) is 0 Å². The van der Waals surface area contributed by atoms with E-state index in [0.717, 1.165) is 42.8 Å². The summed E-state index contributed by atoms with van der Waals surface area (Å²) < 4.78 is 1.77. The number of nitrogens with zero attached hydrogens (tertiary/aromatic N) is 2. The number of rotatable bonds is 3. The van der Waals surface area contributed by atoms with E-state index in [1.807, 2.05) is 14.0 Å². The quantitative estimate of drug-likeness (QED) is 0.834. The van der Waals surface area contributed by atoms with E-state index < -0.39 is 0 Å². The molecule has 1 aromatic heterocycles. The number of aryl methyl sites for hydroxylation is 2. The summed E-state index contributed by atoms with van der Waals surface area (Å²) in [6.45, 7) is 4.07. The molecule has 0 aliphatic heterocycles. The molecule has 4 heteroatoms. The van der Waals surface area contributed by atoms with Crippen LogP contribution < -0.4 is 5.32 Å². The Labute approximate surface area is 108 Å². The summed E-state index contributed by atoms with van der Waals surface area (Å²) in [5.41, 5.74) is 2.14. The van der Waals surface area contributed by atoms with Crippen LogP contribution in [0.15, 0.2) is 12.2 Å². The molecule has 2 rings (SSSR count). The topological polar surface area (TPSA) is 46.9 Å². The smallest absolute Gasteiger partial charge is 0.228 e. The summed E-state index contributed by atoms with van der Waals surface area (Å²) in [5.74, 6) is 1.08. The first-order valence-electron chi connectivity index (χ1n) is 6.61. The van der Waals surface area contributed by atoms with Crippen molar-refractivity contribution in [2.45, 2.75) is 39.5 Å². The van der Waals surface area contributed by atoms with Crippen LogP contribution >= 0.6 is 0 Å². The van der Waals surface area contributed by atoms with Crippen molar-refractivity contribution in [1.82, 2.24) is 9.78 Å². The number of anilines is 1. The maximum absolute atomic E-state index is 12.2. The molecular formula is C14H21N3O. The number of hydrogen-bond acceptors (Lipinski definition) is 2. The Kier molecular flexibility index (Phi) is 3.84. The van der Waals surface area contributed by atoms with Crippen LogP contribution in [0.2, 0.25) is 0 Å². The van der Waals surface area contributed by atoms with Gasteiger partial charge in [0.1, 0.15) is 5.82 Å². The number of amides is 1. The van der Waals surface area contributed by atoms with Gasteiger partial charge in [-0.2, -0.15) is 5.10 Å². The summed E-state index contributed by atoms with van der Waals surface area (Å²) in [4.78, 5) is 12.2. The third kappa shape index (κ3) is 2.47. The van der Waals surface area contributed by atoms with Crippen LogP contribution in [0.3, 0.4) is 0 Å². The molecule has 4 nitrogen and oxygen atoms in total. The van der Waals surface area contributed by atoms with Gasteiger partial charge < -0.3 is 5.32 Å². The Morgan fingerprint density at radius 3 is 2.94 bits per heavy atom. The normalized spacial score (nSPS) is 18.9. The van der Waals surface area contributed by atoms with Gasteiger partial charge in [0, 0.05) is 18.5 Å². The Balaban J connectivity index is 2.13. The predicted molar refractivity (Wildman–Crippen MR) is 72.4 cm³/mol. The van der Waals surface area contributed by atoms with Crippen LogP contribution in [0.4, 0.5) is 5.82 Å². The van der Waals surface area contributed by atoms with Gasteiger partial charge in [0.15, 0.2) is 0 Å². The van der Waals surface area contributed by atoms with Gasteiger partial charge in [-0.25, -0.2) is 0 Å². The summed E-state index contributed by atoms with van der Waals surface area (Å²) in [6, 6.07) is 0. The molecule has 1 N–H and O–H groups in total. The van der Waals surface area contributed by atoms with E-state index >= 15 is 0 Å². The zero-order valence-electron chi connectivity index (χ0n) is 11.4. The molecule has 0 saturated carbocycles. The van der Waals surface area contributed by atoms with E-state index in [2.05, 4.69) is 29.5 Å². The minimum absolute atomic E-state index is 0.106. The lowest BCUT2D eigenvalue weighted by molar-refractivity contribution is -0.120. The predicted octanol–water partition coefficient (Wildman–Crippen LogP) is 2.59. The first-order valence-corrected chi connectivity index (χ1v) is 6.61. The third-order valence-electron chi connectivity index (χ3n) is 3.58. The molecule has 1 unspecified atom stereocenters. The number of carbonyl (C=O) groups excluding carboxylic acids is 1. The number of aromatic nitrogens is 2. The molecule has 1 aromatic rings. The minimum atomic E-state index is 0.106. The van der Waals surface area contributed by atoms with E-state index in [1.165, 1.54) is 0 Å². The lowest BCUT2D eigenvalue weighted by Crippen LogP contribution is -2.25. The summed E-state index contributed by atoms with van der Waals surface area (Å²) >= 11 is 0. The Bertz CT molecular complexity index is 474. The second kappa shape index (κ2) is 5.38. The summed E-state index contributed by atoms with van der Waals surface area (Å²) in [6.07, 6.45) is 7.94. The average Bonchev–Trinajstić information content (AvgIpc) is 2.64. The van der Waals surface area contributed by atoms with Crippen LogP contribution in [-0.4, -0.2) is 15.7 Å². The fourth-order valence-electron chi connectivity index (χ4n) is 2.53. The van der Waals surface area contributed by atoms with Gasteiger partial charge >= 0.3 is 0 Å². The first kappa shape index (κ1) is 12.9. The van der Waals surface area contributed by atoms with Gasteiger partial charge in [-0.1, -0.05) is 19.1 Å². The van der Waals surface area contributed by atoms with Crippen LogP contribution in [0, 0.1) is 12.8 Å². The summed E-state index contributed by atoms with van der Waals surface area (Å²) in [7, 11) is 1.88. The maximum atomic E-state index is 12.2. The fourth-order valence-corrected chi connectivity index (χ4v) is 2.53. The zero-order valence-corrected chi connectivity index (χ0v) is 11.4. The molecule has 0 spiro atoms. The fraction of sp³-hybridized carbons (Fsp3) is 0.571. The van der Waals surface area contributed by atoms with Gasteiger partial charge in [0.25, 0.3) is 0 Å². The molecule has 98 valence electrons. The zero-order chi connectivity index (χ0) is 13.1. The highest BCUT2D eigenvalue weighted by molar-refractivity contribution is 5.92. The molecule has 0 aromatic carbocycles. The van der Waals surface area contributed by atoms with Gasteiger partial charge in [-0.05, 0) is 32.6 Å². The molecule has 1 heterocycles. The first-order chi connectivity index (χ1) is 8.63. The molecule has 1 atom stereocenters. The maximum Gasteiger partial charge on any atom is 0.228 e. The van der Waals surface area contributed by atoms with Crippen molar-refractivity contribution >= 4 is 11.7 Å². The summed E-state index contributed by atoms with van der Waals surface area (Å²) in [5, 5.41) is 7.42. The Morgan fingerprint density at radius 1 is 1.56 bits per heavy atom. The standard InChI is InChI=1S/C14H21N3O/c1-4-12-10(2)16-17(3)13(12)15-14(18)11-8-6-5-7-9-11/h5-6,11H,4,7-9H2,1-3H3,(H,15,18). The van der Waals surface area contributed by atoms with E-state index in [0.29, 0.717) is 0 Å². The highest BCUT2D eigenvalue weighted by Crippen LogP contribution is 2.23. The second-order valence-electron chi connectivity index (χ2n) is 4.86. The Morgan fingerprint density at radius 2 is 2.33 bits per heavy atom. The van der Waals surface area contributed by atoms with E-state index in [-0.39, 0.29) is 11.8 Å². The van der Waals surface area contributed by atoms with Gasteiger partial charge in [-0.15, -0.1) is 0 Å². The molecule has 1 aliphatic rings. The lowest BCUT2D eigenvalue weighted by Gasteiger charge is -2.17. The second-order valence-corrected chi connectivity index (χ2v) is 4.86. The van der Waals surface area contributed by atoms with Crippen LogP contribution in [0.5, 0.6) is 0 Å². The molecule has 18 heavy (non-hydrogen) atoms. The van der Waals surface area contributed by atoms with Crippen molar-refractivity contribution in [3.05, 3.63) is 23.4 Å². The van der Waals surface area contributed by atoms with Crippen molar-refractivity contribution in [3.63, 3.8) is 0 Å². The molecule has 0 bridgehead atoms. The number of nitrogens with one attached hydrogen (secondary N) is 1. The molecule has 0 radical (unpaired) electrons. The lowest BCUT2D eigenvalue weighted by atomic mass is 9.93. The highest BCUT2D eigenvalue weighted by atomic mass is 16.2. The molecular weight excluding hydrogens is 226 g/mol. The average molecular weight is 247 g/mol. The molecule has 1 aliphatic carbocycles. The SMILES string of the molecule is CCc1c(C)nn(C)c1NC(=O)C1CC=CCC1. The van der Waals surface area contributed by atoms with E-state index in [1.54, 1.807) is 4.68 Å². The monoisotopic (exact) mass is 247 g/mol. The number of carbonyl (C=O) groups is 1. The third-order valence-corrected chi connectivity index (χ3v) is 3.58. The Hall–Kier alpha value is -1.58. The van der Waals surface area contributed by atoms with Crippen molar-refractivity contribution < 1.29 is 4.79 Å². The molecule has 0 saturated heterocycles.